The van der Waals surface area contributed by atoms with Crippen LogP contribution in [0.15, 0.2) is 13.2 Å². The smallest absolute Gasteiger partial charge is 0.136 e. The summed E-state index contributed by atoms with van der Waals surface area (Å²) in [5.41, 5.74) is 0. The number of carbonyl (C=O) groups is 2. The Labute approximate surface area is 79.0 Å². The van der Waals surface area contributed by atoms with E-state index in [1.54, 1.807) is 0 Å². The van der Waals surface area contributed by atoms with E-state index in [9.17, 15) is 9.59 Å². The zero-order valence-corrected chi connectivity index (χ0v) is 7.92. The Morgan fingerprint density at radius 2 is 1.31 bits per heavy atom. The molecular formula is C11H16O2. The fraction of sp³-hybridized carbons (Fsp3) is 0.636. The summed E-state index contributed by atoms with van der Waals surface area (Å²) < 4.78 is 0. The van der Waals surface area contributed by atoms with Gasteiger partial charge in [-0.05, 0) is 19.3 Å². The summed E-state index contributed by atoms with van der Waals surface area (Å²) >= 11 is 0. The van der Waals surface area contributed by atoms with E-state index in [0.717, 1.165) is 19.3 Å². The maximum Gasteiger partial charge on any atom is 0.136 e. The van der Waals surface area contributed by atoms with Gasteiger partial charge in [0, 0.05) is 24.7 Å². The molecule has 2 bridgehead atoms. The van der Waals surface area contributed by atoms with Gasteiger partial charge in [-0.25, -0.2) is 0 Å². The highest BCUT2D eigenvalue weighted by atomic mass is 16.1. The van der Waals surface area contributed by atoms with Crippen molar-refractivity contribution >= 4 is 11.6 Å². The SMILES string of the molecule is C=C.O=C1CCC2CC1CCC2=O. The highest BCUT2D eigenvalue weighted by Crippen LogP contribution is 2.35. The Morgan fingerprint density at radius 3 is 1.69 bits per heavy atom. The van der Waals surface area contributed by atoms with E-state index in [2.05, 4.69) is 13.2 Å². The lowest BCUT2D eigenvalue weighted by atomic mass is 9.71. The molecule has 0 amide bonds. The molecule has 2 aliphatic carbocycles. The van der Waals surface area contributed by atoms with Crippen LogP contribution in [-0.2, 0) is 9.59 Å². The maximum absolute atomic E-state index is 11.2. The zero-order chi connectivity index (χ0) is 9.84. The molecule has 0 aromatic rings. The molecule has 0 aromatic carbocycles. The second-order valence-corrected chi connectivity index (χ2v) is 3.64. The lowest BCUT2D eigenvalue weighted by Crippen LogP contribution is -2.34. The minimum absolute atomic E-state index is 0.242. The fourth-order valence-electron chi connectivity index (χ4n) is 2.21. The topological polar surface area (TPSA) is 34.1 Å². The van der Waals surface area contributed by atoms with Crippen molar-refractivity contribution in [3.63, 3.8) is 0 Å². The van der Waals surface area contributed by atoms with Gasteiger partial charge in [-0.2, -0.15) is 0 Å². The van der Waals surface area contributed by atoms with Gasteiger partial charge >= 0.3 is 0 Å². The van der Waals surface area contributed by atoms with Crippen molar-refractivity contribution in [3.8, 4) is 0 Å². The summed E-state index contributed by atoms with van der Waals surface area (Å²) in [5.74, 6) is 1.28. The molecule has 0 heterocycles. The van der Waals surface area contributed by atoms with Gasteiger partial charge in [0.2, 0.25) is 0 Å². The van der Waals surface area contributed by atoms with Gasteiger partial charge in [0.1, 0.15) is 11.6 Å². The standard InChI is InChI=1S/C9H12O2.C2H4/c10-8-3-1-6-5-7(8)2-4-9(6)11;1-2/h6-7H,1-5H2;1-2H2. The van der Waals surface area contributed by atoms with Crippen molar-refractivity contribution in [1.29, 1.82) is 0 Å². The number of hydrogen-bond donors (Lipinski definition) is 0. The maximum atomic E-state index is 11.2. The van der Waals surface area contributed by atoms with Crippen molar-refractivity contribution in [2.24, 2.45) is 11.8 Å². The van der Waals surface area contributed by atoms with Crippen LogP contribution in [0.1, 0.15) is 32.1 Å². The molecular weight excluding hydrogens is 164 g/mol. The number of fused-ring (bicyclic) bond motifs is 2. The molecule has 0 N–H and O–H groups in total. The molecule has 0 aliphatic heterocycles. The molecule has 2 rings (SSSR count). The molecule has 13 heavy (non-hydrogen) atoms. The molecule has 72 valence electrons. The average Bonchev–Trinajstić information content (AvgIpc) is 2.19. The molecule has 2 nitrogen and oxygen atoms in total. The van der Waals surface area contributed by atoms with Crippen LogP contribution in [0.3, 0.4) is 0 Å². The monoisotopic (exact) mass is 180 g/mol. The summed E-state index contributed by atoms with van der Waals surface area (Å²) in [4.78, 5) is 22.4. The number of hydrogen-bond acceptors (Lipinski definition) is 2. The van der Waals surface area contributed by atoms with Crippen molar-refractivity contribution in [2.45, 2.75) is 32.1 Å². The minimum atomic E-state index is 0.242. The van der Waals surface area contributed by atoms with E-state index >= 15 is 0 Å². The normalized spacial score (nSPS) is 32.0. The second kappa shape index (κ2) is 4.35. The summed E-state index contributed by atoms with van der Waals surface area (Å²) in [6.07, 6.45) is 3.82. The Bertz CT molecular complexity index is 198. The van der Waals surface area contributed by atoms with Crippen LogP contribution in [-0.4, -0.2) is 11.6 Å². The van der Waals surface area contributed by atoms with Crippen molar-refractivity contribution in [2.75, 3.05) is 0 Å². The first-order valence-corrected chi connectivity index (χ1v) is 4.83. The minimum Gasteiger partial charge on any atom is -0.299 e. The third-order valence-electron chi connectivity index (χ3n) is 2.96. The first-order chi connectivity index (χ1) is 6.27. The van der Waals surface area contributed by atoms with Gasteiger partial charge in [-0.1, -0.05) is 0 Å². The Balaban J connectivity index is 0.000000396. The molecule has 0 aromatic heterocycles. The van der Waals surface area contributed by atoms with E-state index in [4.69, 9.17) is 0 Å². The molecule has 2 unspecified atom stereocenters. The Kier molecular flexibility index (Phi) is 3.40. The second-order valence-electron chi connectivity index (χ2n) is 3.64. The zero-order valence-electron chi connectivity index (χ0n) is 7.92. The van der Waals surface area contributed by atoms with E-state index in [1.807, 2.05) is 0 Å². The van der Waals surface area contributed by atoms with Gasteiger partial charge < -0.3 is 0 Å². The summed E-state index contributed by atoms with van der Waals surface area (Å²) in [5, 5.41) is 0. The fourth-order valence-corrected chi connectivity index (χ4v) is 2.21. The molecule has 0 spiro atoms. The largest absolute Gasteiger partial charge is 0.299 e. The molecule has 2 fully saturated rings. The highest BCUT2D eigenvalue weighted by molar-refractivity contribution is 5.89. The first kappa shape index (κ1) is 10.2. The number of Topliss-reactive ketones (excluding diaryl/α,β-unsaturated/α-hetero) is 2. The van der Waals surface area contributed by atoms with Gasteiger partial charge in [-0.3, -0.25) is 9.59 Å². The lowest BCUT2D eigenvalue weighted by Gasteiger charge is -2.31. The van der Waals surface area contributed by atoms with E-state index in [1.165, 1.54) is 0 Å². The summed E-state index contributed by atoms with van der Waals surface area (Å²) in [7, 11) is 0. The first-order valence-electron chi connectivity index (χ1n) is 4.83. The van der Waals surface area contributed by atoms with Crippen LogP contribution in [0.25, 0.3) is 0 Å². The van der Waals surface area contributed by atoms with Gasteiger partial charge in [0.25, 0.3) is 0 Å². The molecule has 2 heteroatoms. The number of carbonyl (C=O) groups excluding carboxylic acids is 2. The van der Waals surface area contributed by atoms with E-state index < -0.39 is 0 Å². The molecule has 2 atom stereocenters. The van der Waals surface area contributed by atoms with Gasteiger partial charge in [-0.15, -0.1) is 13.2 Å². The van der Waals surface area contributed by atoms with Gasteiger partial charge in [0.15, 0.2) is 0 Å². The third kappa shape index (κ3) is 2.06. The third-order valence-corrected chi connectivity index (χ3v) is 2.96. The van der Waals surface area contributed by atoms with Crippen molar-refractivity contribution in [3.05, 3.63) is 13.2 Å². The van der Waals surface area contributed by atoms with Crippen LogP contribution in [0, 0.1) is 11.8 Å². The van der Waals surface area contributed by atoms with E-state index in [0.29, 0.717) is 24.4 Å². The van der Waals surface area contributed by atoms with Crippen LogP contribution in [0.2, 0.25) is 0 Å². The van der Waals surface area contributed by atoms with Gasteiger partial charge in [0.05, 0.1) is 0 Å². The predicted octanol–water partition coefficient (Wildman–Crippen LogP) is 2.14. The van der Waals surface area contributed by atoms with Crippen molar-refractivity contribution in [1.82, 2.24) is 0 Å². The summed E-state index contributed by atoms with van der Waals surface area (Å²) in [6, 6.07) is 0. The summed E-state index contributed by atoms with van der Waals surface area (Å²) in [6.45, 7) is 6.00. The Hall–Kier alpha value is -0.920. The predicted molar refractivity (Wildman–Crippen MR) is 51.3 cm³/mol. The van der Waals surface area contributed by atoms with Crippen molar-refractivity contribution < 1.29 is 9.59 Å². The van der Waals surface area contributed by atoms with Crippen LogP contribution < -0.4 is 0 Å². The van der Waals surface area contributed by atoms with Crippen LogP contribution in [0.5, 0.6) is 0 Å². The molecule has 2 aliphatic rings. The molecule has 0 saturated heterocycles. The molecule has 2 saturated carbocycles. The highest BCUT2D eigenvalue weighted by Gasteiger charge is 2.36. The number of rotatable bonds is 0. The molecule has 0 radical (unpaired) electrons. The van der Waals surface area contributed by atoms with E-state index in [-0.39, 0.29) is 11.8 Å². The Morgan fingerprint density at radius 1 is 0.923 bits per heavy atom. The average molecular weight is 180 g/mol. The number of ketones is 2. The quantitative estimate of drug-likeness (QED) is 0.535. The van der Waals surface area contributed by atoms with Crippen LogP contribution >= 0.6 is 0 Å². The van der Waals surface area contributed by atoms with Crippen LogP contribution in [0.4, 0.5) is 0 Å². The lowest BCUT2D eigenvalue weighted by molar-refractivity contribution is -0.134.